The molecule has 0 rings (SSSR count). The van der Waals surface area contributed by atoms with Crippen molar-refractivity contribution in [2.24, 2.45) is 0 Å². The Hall–Kier alpha value is 0.423. The molecule has 0 aromatic carbocycles. The normalized spacial score (nSPS) is 9.25. The van der Waals surface area contributed by atoms with E-state index in [0.717, 1.165) is 6.90 Å². The maximum absolute atomic E-state index is 10.4. The molecule has 2 radical (unpaired) electrons. The minimum atomic E-state index is -0.0116. The van der Waals surface area contributed by atoms with E-state index in [-0.39, 0.29) is 39.7 Å². The summed E-state index contributed by atoms with van der Waals surface area (Å²) in [7, 11) is 4.94. The van der Waals surface area contributed by atoms with Crippen LogP contribution in [-0.2, 0) is 25.9 Å². The molecule has 0 aromatic rings. The molecule has 0 aliphatic rings. The monoisotopic (exact) mass is 279 g/mol. The van der Waals surface area contributed by atoms with E-state index in [9.17, 15) is 4.79 Å². The van der Waals surface area contributed by atoms with Crippen molar-refractivity contribution in [3.63, 3.8) is 0 Å². The van der Waals surface area contributed by atoms with Gasteiger partial charge in [0, 0.05) is 0 Å². The molecule has 0 unspecified atom stereocenters. The summed E-state index contributed by atoms with van der Waals surface area (Å²) in [5.41, 5.74) is 0. The van der Waals surface area contributed by atoms with Crippen LogP contribution >= 0.6 is 0 Å². The summed E-state index contributed by atoms with van der Waals surface area (Å²) in [6, 6.07) is 0. The van der Waals surface area contributed by atoms with Gasteiger partial charge < -0.3 is 18.0 Å². The molecule has 0 spiro atoms. The Morgan fingerprint density at radius 1 is 2.00 bits per heavy atom. The van der Waals surface area contributed by atoms with Gasteiger partial charge in [-0.05, 0) is 0 Å². The summed E-state index contributed by atoms with van der Waals surface area (Å²) >= 11 is 0. The first kappa shape index (κ1) is 8.42. The third kappa shape index (κ3) is 6.42. The van der Waals surface area contributed by atoms with Crippen molar-refractivity contribution in [3.05, 3.63) is 13.2 Å². The third-order valence-electron chi connectivity index (χ3n) is 0.573. The SMILES string of the molecule is [2H][CH-]CC(=O)C[CH-][B].[W+2]. The molecule has 0 saturated carbocycles. The van der Waals surface area contributed by atoms with Gasteiger partial charge in [0.05, 0.1) is 5.78 Å². The van der Waals surface area contributed by atoms with Crippen LogP contribution in [0.15, 0.2) is 0 Å². The number of ketones is 1. The first-order valence-corrected chi connectivity index (χ1v) is 2.06. The topological polar surface area (TPSA) is 17.1 Å². The Bertz CT molecular complexity index is 71.4. The van der Waals surface area contributed by atoms with Gasteiger partial charge in [-0.15, -0.1) is 12.8 Å². The summed E-state index contributed by atoms with van der Waals surface area (Å²) in [5, 5.41) is 0. The fourth-order valence-electron chi connectivity index (χ4n) is 0.215. The van der Waals surface area contributed by atoms with E-state index in [1.807, 2.05) is 0 Å². The summed E-state index contributed by atoms with van der Waals surface area (Å²) < 4.78 is 6.51. The first-order valence-electron chi connectivity index (χ1n) is 2.64. The van der Waals surface area contributed by atoms with Gasteiger partial charge in [-0.1, -0.05) is 0 Å². The molecule has 0 aliphatic carbocycles. The van der Waals surface area contributed by atoms with Crippen molar-refractivity contribution in [1.29, 1.82) is 0 Å². The molecule has 0 N–H and O–H groups in total. The molecule has 0 bridgehead atoms. The third-order valence-corrected chi connectivity index (χ3v) is 0.573. The number of rotatable bonds is 4. The van der Waals surface area contributed by atoms with Gasteiger partial charge in [0.15, 0.2) is 0 Å². The predicted molar refractivity (Wildman–Crippen MR) is 29.7 cm³/mol. The smallest absolute Gasteiger partial charge is 0.360 e. The number of hydrogen-bond acceptors (Lipinski definition) is 1. The summed E-state index contributed by atoms with van der Waals surface area (Å²) in [4.78, 5) is 10.4. The fraction of sp³-hybridized carbons (Fsp3) is 0.400. The van der Waals surface area contributed by atoms with Crippen LogP contribution in [0.5, 0.6) is 0 Å². The molecule has 0 atom stereocenters. The van der Waals surface area contributed by atoms with E-state index >= 15 is 0 Å². The molecular formula is C5H7BOW. The molecule has 42 valence electrons. The minimum absolute atomic E-state index is 0. The Morgan fingerprint density at radius 3 is 3.00 bits per heavy atom. The van der Waals surface area contributed by atoms with E-state index in [0.29, 0.717) is 0 Å². The molecule has 0 heterocycles. The second kappa shape index (κ2) is 7.42. The van der Waals surface area contributed by atoms with E-state index in [4.69, 9.17) is 9.22 Å². The second-order valence-corrected chi connectivity index (χ2v) is 1.18. The van der Waals surface area contributed by atoms with Crippen LogP contribution in [0, 0.1) is 13.2 Å². The van der Waals surface area contributed by atoms with Gasteiger partial charge in [-0.2, -0.15) is 7.85 Å². The summed E-state index contributed by atoms with van der Waals surface area (Å²) in [6.45, 7) is 1.08. The standard InChI is InChI=1S/C5H7BO.W/c1-2-5(7)3-4-6;/h4H,1-3H2;/q-2;+2/i1D;. The largest absolute Gasteiger partial charge is 2.00 e. The van der Waals surface area contributed by atoms with Crippen molar-refractivity contribution in [2.75, 3.05) is 0 Å². The fourth-order valence-corrected chi connectivity index (χ4v) is 0.215. The van der Waals surface area contributed by atoms with Crippen LogP contribution < -0.4 is 0 Å². The zero-order valence-corrected chi connectivity index (χ0v) is 7.40. The zero-order valence-electron chi connectivity index (χ0n) is 5.46. The van der Waals surface area contributed by atoms with Crippen molar-refractivity contribution in [1.82, 2.24) is 0 Å². The quantitative estimate of drug-likeness (QED) is 0.541. The van der Waals surface area contributed by atoms with Gasteiger partial charge >= 0.3 is 21.1 Å². The molecule has 0 aliphatic heterocycles. The van der Waals surface area contributed by atoms with Crippen molar-refractivity contribution >= 4 is 13.6 Å². The average Bonchev–Trinajstić information content (AvgIpc) is 1.68. The van der Waals surface area contributed by atoms with E-state index in [1.165, 1.54) is 6.32 Å². The Morgan fingerprint density at radius 2 is 2.62 bits per heavy atom. The summed E-state index contributed by atoms with van der Waals surface area (Å²) in [5.74, 6) is -0.0116. The van der Waals surface area contributed by atoms with Crippen molar-refractivity contribution < 1.29 is 27.2 Å². The van der Waals surface area contributed by atoms with Crippen LogP contribution in [0.4, 0.5) is 0 Å². The molecule has 0 saturated heterocycles. The molecule has 8 heavy (non-hydrogen) atoms. The van der Waals surface area contributed by atoms with Crippen molar-refractivity contribution in [3.8, 4) is 0 Å². The number of carbonyl (C=O) groups is 1. The van der Waals surface area contributed by atoms with Gasteiger partial charge in [0.1, 0.15) is 0 Å². The molecule has 0 aromatic heterocycles. The van der Waals surface area contributed by atoms with Crippen molar-refractivity contribution in [2.45, 2.75) is 12.8 Å². The second-order valence-electron chi connectivity index (χ2n) is 1.18. The molecule has 0 fully saturated rings. The number of carbonyl (C=O) groups excluding carboxylic acids is 1. The van der Waals surface area contributed by atoms with Gasteiger partial charge in [0.2, 0.25) is 0 Å². The van der Waals surface area contributed by atoms with Crippen LogP contribution in [0.1, 0.15) is 14.2 Å². The van der Waals surface area contributed by atoms with E-state index in [2.05, 4.69) is 0 Å². The van der Waals surface area contributed by atoms with Crippen LogP contribution in [0.2, 0.25) is 0 Å². The van der Waals surface area contributed by atoms with E-state index in [1.54, 1.807) is 0 Å². The van der Waals surface area contributed by atoms with Crippen LogP contribution in [-0.4, -0.2) is 13.6 Å². The van der Waals surface area contributed by atoms with Crippen LogP contribution in [0.3, 0.4) is 0 Å². The molecule has 3 heteroatoms. The Labute approximate surface area is 67.3 Å². The summed E-state index contributed by atoms with van der Waals surface area (Å²) in [6.07, 6.45) is 1.77. The molecule has 1 nitrogen and oxygen atoms in total. The number of Topliss-reactive ketones (excluding diaryl/α,β-unsaturated/α-hetero) is 1. The van der Waals surface area contributed by atoms with Gasteiger partial charge in [-0.25, -0.2) is 1.37 Å². The van der Waals surface area contributed by atoms with E-state index < -0.39 is 0 Å². The maximum atomic E-state index is 10.4. The zero-order chi connectivity index (χ0) is 6.41. The van der Waals surface area contributed by atoms with Crippen LogP contribution in [0.25, 0.3) is 0 Å². The number of hydrogen-bond donors (Lipinski definition) is 0. The van der Waals surface area contributed by atoms with Gasteiger partial charge in [0.25, 0.3) is 0 Å². The van der Waals surface area contributed by atoms with Gasteiger partial charge in [-0.3, -0.25) is 0 Å². The average molecular weight is 279 g/mol. The predicted octanol–water partition coefficient (Wildman–Crippen LogP) is 0.498. The Kier molecular flexibility index (Phi) is 7.82. The molecule has 0 amide bonds. The first-order chi connectivity index (χ1) is 3.81. The molecular weight excluding hydrogens is 271 g/mol. The maximum Gasteiger partial charge on any atom is 2.00 e. The Balaban J connectivity index is 0. The minimum Gasteiger partial charge on any atom is -0.360 e.